The summed E-state index contributed by atoms with van der Waals surface area (Å²) in [5.41, 5.74) is 0.393. The minimum absolute atomic E-state index is 0.114. The Kier molecular flexibility index (Phi) is 7.65. The highest BCUT2D eigenvalue weighted by Gasteiger charge is 2.14. The number of aromatic nitrogens is 2. The lowest BCUT2D eigenvalue weighted by Gasteiger charge is -2.12. The third kappa shape index (κ3) is 5.84. The SMILES string of the molecule is CC(C)CCNC(=O)CSc1nc2ccsc2c(=O)n1CCCC(=O)[O-]. The van der Waals surface area contributed by atoms with Crippen molar-refractivity contribution in [1.29, 1.82) is 0 Å². The zero-order valence-electron chi connectivity index (χ0n) is 14.8. The molecule has 0 unspecified atom stereocenters. The van der Waals surface area contributed by atoms with Crippen molar-refractivity contribution in [2.45, 2.75) is 44.8 Å². The van der Waals surface area contributed by atoms with Crippen molar-refractivity contribution in [3.8, 4) is 0 Å². The van der Waals surface area contributed by atoms with Crippen LogP contribution in [0.2, 0.25) is 0 Å². The number of nitrogens with zero attached hydrogens (tertiary/aromatic N) is 2. The Morgan fingerprint density at radius 2 is 2.19 bits per heavy atom. The van der Waals surface area contributed by atoms with Gasteiger partial charge in [0.2, 0.25) is 5.91 Å². The Balaban J connectivity index is 2.09. The number of carboxylic acid groups (broad SMARTS) is 1. The lowest BCUT2D eigenvalue weighted by atomic mass is 10.1. The van der Waals surface area contributed by atoms with Crippen LogP contribution in [0.3, 0.4) is 0 Å². The summed E-state index contributed by atoms with van der Waals surface area (Å²) in [7, 11) is 0. The van der Waals surface area contributed by atoms with Gasteiger partial charge in [-0.25, -0.2) is 4.98 Å². The second-order valence-corrected chi connectivity index (χ2v) is 8.14. The molecule has 0 spiro atoms. The monoisotopic (exact) mass is 396 g/mol. The third-order valence-corrected chi connectivity index (χ3v) is 5.54. The van der Waals surface area contributed by atoms with E-state index in [9.17, 15) is 19.5 Å². The van der Waals surface area contributed by atoms with E-state index in [2.05, 4.69) is 24.1 Å². The lowest BCUT2D eigenvalue weighted by molar-refractivity contribution is -0.305. The van der Waals surface area contributed by atoms with Gasteiger partial charge in [0.1, 0.15) is 4.70 Å². The normalized spacial score (nSPS) is 11.2. The fraction of sp³-hybridized carbons (Fsp3) is 0.529. The average molecular weight is 397 g/mol. The number of carbonyl (C=O) groups excluding carboxylic acids is 2. The zero-order chi connectivity index (χ0) is 19.1. The fourth-order valence-electron chi connectivity index (χ4n) is 2.29. The minimum Gasteiger partial charge on any atom is -0.550 e. The molecule has 2 rings (SSSR count). The van der Waals surface area contributed by atoms with Gasteiger partial charge >= 0.3 is 0 Å². The number of carbonyl (C=O) groups is 2. The minimum atomic E-state index is -1.15. The van der Waals surface area contributed by atoms with Gasteiger partial charge in [-0.1, -0.05) is 25.6 Å². The van der Waals surface area contributed by atoms with Crippen molar-refractivity contribution in [3.63, 3.8) is 0 Å². The van der Waals surface area contributed by atoms with Crippen LogP contribution in [0.1, 0.15) is 33.1 Å². The molecule has 0 aliphatic rings. The van der Waals surface area contributed by atoms with E-state index < -0.39 is 5.97 Å². The van der Waals surface area contributed by atoms with Crippen LogP contribution in [0, 0.1) is 5.92 Å². The Bertz CT molecular complexity index is 829. The summed E-state index contributed by atoms with van der Waals surface area (Å²) in [5, 5.41) is 15.7. The predicted octanol–water partition coefficient (Wildman–Crippen LogP) is 1.24. The average Bonchev–Trinajstić information content (AvgIpc) is 3.03. The first-order chi connectivity index (χ1) is 12.4. The second kappa shape index (κ2) is 9.72. The van der Waals surface area contributed by atoms with Crippen molar-refractivity contribution < 1.29 is 14.7 Å². The first kappa shape index (κ1) is 20.4. The molecule has 2 heterocycles. The Morgan fingerprint density at radius 3 is 2.88 bits per heavy atom. The Hall–Kier alpha value is -1.87. The predicted molar refractivity (Wildman–Crippen MR) is 101 cm³/mol. The number of amides is 1. The van der Waals surface area contributed by atoms with E-state index in [1.54, 1.807) is 11.4 Å². The van der Waals surface area contributed by atoms with E-state index in [0.717, 1.165) is 6.42 Å². The molecule has 0 aliphatic heterocycles. The maximum Gasteiger partial charge on any atom is 0.272 e. The molecular weight excluding hydrogens is 374 g/mol. The van der Waals surface area contributed by atoms with Gasteiger partial charge in [-0.2, -0.15) is 0 Å². The number of hydrogen-bond acceptors (Lipinski definition) is 7. The van der Waals surface area contributed by atoms with Crippen molar-refractivity contribution in [2.24, 2.45) is 5.92 Å². The number of fused-ring (bicyclic) bond motifs is 1. The molecule has 9 heteroatoms. The number of aliphatic carboxylic acids is 1. The molecule has 0 aromatic carbocycles. The van der Waals surface area contributed by atoms with E-state index in [1.165, 1.54) is 27.7 Å². The summed E-state index contributed by atoms with van der Waals surface area (Å²) in [4.78, 5) is 39.7. The van der Waals surface area contributed by atoms with Crippen LogP contribution in [-0.2, 0) is 16.1 Å². The molecule has 1 N–H and O–H groups in total. The molecule has 0 saturated carbocycles. The van der Waals surface area contributed by atoms with Crippen molar-refractivity contribution in [3.05, 3.63) is 21.8 Å². The van der Waals surface area contributed by atoms with Gasteiger partial charge < -0.3 is 15.2 Å². The Morgan fingerprint density at radius 1 is 1.42 bits per heavy atom. The maximum absolute atomic E-state index is 12.6. The van der Waals surface area contributed by atoms with E-state index in [4.69, 9.17) is 0 Å². The smallest absolute Gasteiger partial charge is 0.272 e. The number of carboxylic acids is 1. The summed E-state index contributed by atoms with van der Waals surface area (Å²) in [5.74, 6) is -0.598. The maximum atomic E-state index is 12.6. The number of rotatable bonds is 10. The number of hydrogen-bond donors (Lipinski definition) is 1. The largest absolute Gasteiger partial charge is 0.550 e. The number of nitrogens with one attached hydrogen (secondary N) is 1. The van der Waals surface area contributed by atoms with Gasteiger partial charge in [0.25, 0.3) is 5.56 Å². The molecule has 2 aromatic heterocycles. The van der Waals surface area contributed by atoms with E-state index in [1.807, 2.05) is 0 Å². The van der Waals surface area contributed by atoms with Crippen LogP contribution in [0.25, 0.3) is 10.2 Å². The molecule has 1 amide bonds. The summed E-state index contributed by atoms with van der Waals surface area (Å²) in [6.45, 7) is 5.02. The molecule has 2 aromatic rings. The molecular formula is C17H22N3O4S2-. The highest BCUT2D eigenvalue weighted by molar-refractivity contribution is 7.99. The molecule has 142 valence electrons. The fourth-order valence-corrected chi connectivity index (χ4v) is 3.93. The molecule has 0 bridgehead atoms. The van der Waals surface area contributed by atoms with Gasteiger partial charge in [0.15, 0.2) is 5.16 Å². The van der Waals surface area contributed by atoms with Crippen LogP contribution < -0.4 is 16.0 Å². The van der Waals surface area contributed by atoms with Crippen LogP contribution >= 0.6 is 23.1 Å². The first-order valence-corrected chi connectivity index (χ1v) is 10.3. The quantitative estimate of drug-likeness (QED) is 0.479. The standard InChI is InChI=1S/C17H23N3O4S2/c1-11(2)5-7-18-13(21)10-26-17-19-12-6-9-25-15(12)16(24)20(17)8-3-4-14(22)23/h6,9,11H,3-5,7-8,10H2,1-2H3,(H,18,21)(H,22,23)/p-1. The van der Waals surface area contributed by atoms with Crippen LogP contribution in [0.5, 0.6) is 0 Å². The topological polar surface area (TPSA) is 104 Å². The highest BCUT2D eigenvalue weighted by atomic mass is 32.2. The van der Waals surface area contributed by atoms with Crippen LogP contribution in [-0.4, -0.2) is 33.7 Å². The summed E-state index contributed by atoms with van der Waals surface area (Å²) in [6, 6.07) is 1.76. The van der Waals surface area contributed by atoms with Crippen LogP contribution in [0.15, 0.2) is 21.4 Å². The van der Waals surface area contributed by atoms with Gasteiger partial charge in [-0.15, -0.1) is 11.3 Å². The van der Waals surface area contributed by atoms with Gasteiger partial charge in [-0.05, 0) is 36.6 Å². The summed E-state index contributed by atoms with van der Waals surface area (Å²) in [6.07, 6.45) is 1.05. The van der Waals surface area contributed by atoms with Gasteiger partial charge in [0.05, 0.1) is 11.3 Å². The van der Waals surface area contributed by atoms with Crippen molar-refractivity contribution in [1.82, 2.24) is 14.9 Å². The van der Waals surface area contributed by atoms with Gasteiger partial charge in [0, 0.05) is 19.1 Å². The number of thioether (sulfide) groups is 1. The van der Waals surface area contributed by atoms with E-state index in [-0.39, 0.29) is 36.6 Å². The molecule has 0 saturated heterocycles. The first-order valence-electron chi connectivity index (χ1n) is 8.46. The van der Waals surface area contributed by atoms with Crippen molar-refractivity contribution in [2.75, 3.05) is 12.3 Å². The summed E-state index contributed by atoms with van der Waals surface area (Å²) < 4.78 is 1.98. The zero-order valence-corrected chi connectivity index (χ0v) is 16.5. The number of thiophene rings is 1. The Labute approximate surface area is 159 Å². The summed E-state index contributed by atoms with van der Waals surface area (Å²) >= 11 is 2.49. The van der Waals surface area contributed by atoms with Gasteiger partial charge in [-0.3, -0.25) is 14.2 Å². The van der Waals surface area contributed by atoms with E-state index >= 15 is 0 Å². The molecule has 26 heavy (non-hydrogen) atoms. The van der Waals surface area contributed by atoms with E-state index in [0.29, 0.717) is 27.8 Å². The molecule has 7 nitrogen and oxygen atoms in total. The molecule has 0 atom stereocenters. The molecule has 0 radical (unpaired) electrons. The third-order valence-electron chi connectivity index (χ3n) is 3.67. The molecule has 0 aliphatic carbocycles. The second-order valence-electron chi connectivity index (χ2n) is 6.28. The van der Waals surface area contributed by atoms with Crippen LogP contribution in [0.4, 0.5) is 0 Å². The highest BCUT2D eigenvalue weighted by Crippen LogP contribution is 2.21. The molecule has 0 fully saturated rings. The van der Waals surface area contributed by atoms with Crippen molar-refractivity contribution >= 4 is 45.2 Å². The lowest BCUT2D eigenvalue weighted by Crippen LogP contribution is -2.28.